The van der Waals surface area contributed by atoms with E-state index in [1.807, 2.05) is 29.2 Å². The van der Waals surface area contributed by atoms with Gasteiger partial charge in [-0.2, -0.15) is 5.10 Å². The van der Waals surface area contributed by atoms with E-state index in [0.29, 0.717) is 42.1 Å². The van der Waals surface area contributed by atoms with Crippen LogP contribution in [0.25, 0.3) is 16.7 Å². The molecule has 0 atom stereocenters. The van der Waals surface area contributed by atoms with Crippen molar-refractivity contribution in [2.24, 2.45) is 5.92 Å². The minimum absolute atomic E-state index is 0.236. The fraction of sp³-hybridized carbons (Fsp3) is 0.455. The van der Waals surface area contributed by atoms with Crippen molar-refractivity contribution >= 4 is 34.4 Å². The Balaban J connectivity index is 1.47. The highest BCUT2D eigenvalue weighted by Gasteiger charge is 2.32. The van der Waals surface area contributed by atoms with Gasteiger partial charge in [-0.25, -0.2) is 14.6 Å². The molecule has 2 aromatic heterocycles. The molecule has 1 aromatic carbocycles. The molecule has 1 amide bonds. The number of hydrogen-bond donors (Lipinski definition) is 0. The Bertz CT molecular complexity index is 1100. The second kappa shape index (κ2) is 8.43. The highest BCUT2D eigenvalue weighted by Crippen LogP contribution is 2.31. The molecule has 0 radical (unpaired) electrons. The number of anilines is 1. The third kappa shape index (κ3) is 3.74. The average Bonchev–Trinajstić information content (AvgIpc) is 3.16. The zero-order valence-electron chi connectivity index (χ0n) is 17.5. The molecule has 0 unspecified atom stereocenters. The topological polar surface area (TPSA) is 76.4 Å². The highest BCUT2D eigenvalue weighted by atomic mass is 35.5. The van der Waals surface area contributed by atoms with Gasteiger partial charge in [0.1, 0.15) is 12.4 Å². The van der Waals surface area contributed by atoms with Crippen molar-refractivity contribution in [2.45, 2.75) is 25.9 Å². The van der Waals surface area contributed by atoms with Gasteiger partial charge in [-0.3, -0.25) is 4.79 Å². The van der Waals surface area contributed by atoms with Crippen molar-refractivity contribution in [2.75, 3.05) is 38.2 Å². The number of para-hydroxylation sites is 1. The third-order valence-corrected chi connectivity index (χ3v) is 6.47. The number of aromatic nitrogens is 4. The van der Waals surface area contributed by atoms with Crippen LogP contribution in [0.1, 0.15) is 25.1 Å². The van der Waals surface area contributed by atoms with Gasteiger partial charge in [-0.15, -0.1) is 0 Å². The predicted octanol–water partition coefficient (Wildman–Crippen LogP) is 3.06. The molecule has 0 N–H and O–H groups in total. The van der Waals surface area contributed by atoms with E-state index in [4.69, 9.17) is 26.3 Å². The Hall–Kier alpha value is -2.71. The number of methoxy groups -OCH3 is 1. The third-order valence-electron chi connectivity index (χ3n) is 6.15. The molecular weight excluding hydrogens is 416 g/mol. The van der Waals surface area contributed by atoms with E-state index in [2.05, 4.69) is 10.00 Å². The summed E-state index contributed by atoms with van der Waals surface area (Å²) in [7, 11) is 1.63. The molecule has 0 bridgehead atoms. The van der Waals surface area contributed by atoms with Crippen molar-refractivity contribution in [1.82, 2.24) is 24.6 Å². The molecule has 1 saturated carbocycles. The van der Waals surface area contributed by atoms with Crippen molar-refractivity contribution in [3.63, 3.8) is 0 Å². The molecule has 1 aliphatic heterocycles. The van der Waals surface area contributed by atoms with Crippen molar-refractivity contribution in [3.8, 4) is 5.69 Å². The zero-order valence-corrected chi connectivity index (χ0v) is 18.3. The summed E-state index contributed by atoms with van der Waals surface area (Å²) in [6, 6.07) is 7.56. The SMILES string of the molecule is COCc1nc(N2CCN(C(=O)C3CCC3)CC2)c2cnn(-c3ccccc3Cl)c2n1. The zero-order chi connectivity index (χ0) is 21.4. The Morgan fingerprint density at radius 1 is 1.16 bits per heavy atom. The second-order valence-corrected chi connectivity index (χ2v) is 8.49. The van der Waals surface area contributed by atoms with Gasteiger partial charge in [0, 0.05) is 39.2 Å². The van der Waals surface area contributed by atoms with Gasteiger partial charge < -0.3 is 14.5 Å². The number of carbonyl (C=O) groups excluding carboxylic acids is 1. The normalized spacial score (nSPS) is 17.2. The van der Waals surface area contributed by atoms with Gasteiger partial charge in [0.2, 0.25) is 5.91 Å². The first kappa shape index (κ1) is 20.2. The minimum Gasteiger partial charge on any atom is -0.377 e. The Labute approximate surface area is 185 Å². The van der Waals surface area contributed by atoms with Gasteiger partial charge in [-0.05, 0) is 25.0 Å². The molecular formula is C22H25ClN6O2. The smallest absolute Gasteiger partial charge is 0.225 e. The first-order chi connectivity index (χ1) is 15.2. The number of piperazine rings is 1. The number of amides is 1. The molecule has 2 fully saturated rings. The maximum Gasteiger partial charge on any atom is 0.225 e. The second-order valence-electron chi connectivity index (χ2n) is 8.08. The summed E-state index contributed by atoms with van der Waals surface area (Å²) >= 11 is 6.42. The Morgan fingerprint density at radius 2 is 1.94 bits per heavy atom. The largest absolute Gasteiger partial charge is 0.377 e. The minimum atomic E-state index is 0.236. The maximum absolute atomic E-state index is 12.6. The van der Waals surface area contributed by atoms with Gasteiger partial charge in [-0.1, -0.05) is 30.2 Å². The van der Waals surface area contributed by atoms with Crippen LogP contribution in [0.2, 0.25) is 5.02 Å². The van der Waals surface area contributed by atoms with Gasteiger partial charge in [0.25, 0.3) is 0 Å². The first-order valence-electron chi connectivity index (χ1n) is 10.7. The molecule has 5 rings (SSSR count). The van der Waals surface area contributed by atoms with Crippen LogP contribution in [0.5, 0.6) is 0 Å². The number of nitrogens with zero attached hydrogens (tertiary/aromatic N) is 6. The van der Waals surface area contributed by atoms with Crippen molar-refractivity contribution < 1.29 is 9.53 Å². The van der Waals surface area contributed by atoms with E-state index in [-0.39, 0.29) is 5.92 Å². The fourth-order valence-electron chi connectivity index (χ4n) is 4.22. The van der Waals surface area contributed by atoms with Gasteiger partial charge >= 0.3 is 0 Å². The predicted molar refractivity (Wildman–Crippen MR) is 119 cm³/mol. The van der Waals surface area contributed by atoms with E-state index in [9.17, 15) is 4.79 Å². The maximum atomic E-state index is 12.6. The number of rotatable bonds is 5. The summed E-state index contributed by atoms with van der Waals surface area (Å²) in [5.41, 5.74) is 1.46. The van der Waals surface area contributed by atoms with Crippen LogP contribution < -0.4 is 4.90 Å². The van der Waals surface area contributed by atoms with Crippen LogP contribution in [0, 0.1) is 5.92 Å². The number of hydrogen-bond acceptors (Lipinski definition) is 6. The number of benzene rings is 1. The fourth-order valence-corrected chi connectivity index (χ4v) is 4.44. The Morgan fingerprint density at radius 3 is 2.61 bits per heavy atom. The van der Waals surface area contributed by atoms with Crippen LogP contribution in [-0.4, -0.2) is 63.8 Å². The van der Waals surface area contributed by atoms with E-state index >= 15 is 0 Å². The number of carbonyl (C=O) groups is 1. The first-order valence-corrected chi connectivity index (χ1v) is 11.1. The summed E-state index contributed by atoms with van der Waals surface area (Å²) in [6.07, 6.45) is 5.03. The summed E-state index contributed by atoms with van der Waals surface area (Å²) in [4.78, 5) is 26.3. The molecule has 162 valence electrons. The van der Waals surface area contributed by atoms with Gasteiger partial charge in [0.05, 0.1) is 22.3 Å². The van der Waals surface area contributed by atoms with Crippen LogP contribution >= 0.6 is 11.6 Å². The molecule has 8 nitrogen and oxygen atoms in total. The van der Waals surface area contributed by atoms with E-state index in [0.717, 1.165) is 42.8 Å². The molecule has 1 aliphatic carbocycles. The number of fused-ring (bicyclic) bond motifs is 1. The van der Waals surface area contributed by atoms with Crippen LogP contribution in [0.3, 0.4) is 0 Å². The average molecular weight is 441 g/mol. The molecule has 31 heavy (non-hydrogen) atoms. The molecule has 3 aromatic rings. The Kier molecular flexibility index (Phi) is 5.50. The lowest BCUT2D eigenvalue weighted by atomic mass is 9.84. The van der Waals surface area contributed by atoms with Gasteiger partial charge in [0.15, 0.2) is 11.5 Å². The van der Waals surface area contributed by atoms with Crippen LogP contribution in [0.15, 0.2) is 30.5 Å². The summed E-state index contributed by atoms with van der Waals surface area (Å²) in [5, 5.41) is 6.03. The van der Waals surface area contributed by atoms with Crippen LogP contribution in [-0.2, 0) is 16.1 Å². The van der Waals surface area contributed by atoms with Crippen molar-refractivity contribution in [1.29, 1.82) is 0 Å². The molecule has 2 aliphatic rings. The van der Waals surface area contributed by atoms with Crippen molar-refractivity contribution in [3.05, 3.63) is 41.3 Å². The molecule has 9 heteroatoms. The van der Waals surface area contributed by atoms with E-state index < -0.39 is 0 Å². The quantitative estimate of drug-likeness (QED) is 0.607. The standard InChI is InChI=1S/C22H25ClN6O2/c1-31-14-19-25-20(27-9-11-28(12-10-27)22(30)15-5-4-6-15)16-13-24-29(21(16)26-19)18-8-3-2-7-17(18)23/h2-3,7-8,13,15H,4-6,9-12,14H2,1H3. The lowest BCUT2D eigenvalue weighted by Gasteiger charge is -2.38. The van der Waals surface area contributed by atoms with E-state index in [1.165, 1.54) is 6.42 Å². The molecule has 3 heterocycles. The number of halogens is 1. The van der Waals surface area contributed by atoms with E-state index in [1.54, 1.807) is 18.0 Å². The summed E-state index contributed by atoms with van der Waals surface area (Å²) < 4.78 is 7.05. The van der Waals surface area contributed by atoms with Crippen LogP contribution in [0.4, 0.5) is 5.82 Å². The lowest BCUT2D eigenvalue weighted by molar-refractivity contribution is -0.138. The molecule has 1 saturated heterocycles. The lowest BCUT2D eigenvalue weighted by Crippen LogP contribution is -2.51. The summed E-state index contributed by atoms with van der Waals surface area (Å²) in [6.45, 7) is 3.18. The monoisotopic (exact) mass is 440 g/mol. The number of ether oxygens (including phenoxy) is 1. The molecule has 0 spiro atoms. The summed E-state index contributed by atoms with van der Waals surface area (Å²) in [5.74, 6) is 1.96. The highest BCUT2D eigenvalue weighted by molar-refractivity contribution is 6.32.